The molecule has 2 aliphatic rings. The molecule has 4 heterocycles. The molecule has 2 saturated heterocycles. The number of thiazole rings is 1. The lowest BCUT2D eigenvalue weighted by Gasteiger charge is -2.33. The second-order valence-electron chi connectivity index (χ2n) is 6.61. The predicted molar refractivity (Wildman–Crippen MR) is 96.5 cm³/mol. The molecule has 2 bridgehead atoms. The van der Waals surface area contributed by atoms with Gasteiger partial charge in [-0.1, -0.05) is 0 Å². The van der Waals surface area contributed by atoms with E-state index in [1.165, 1.54) is 40.8 Å². The SMILES string of the molecule is Cc1nc(C)c(CN2CC3CC2CN3Cc2ccc(Br)cn2)s1. The first-order chi connectivity index (χ1) is 11.1. The summed E-state index contributed by atoms with van der Waals surface area (Å²) in [6.07, 6.45) is 3.19. The average molecular weight is 393 g/mol. The Morgan fingerprint density at radius 1 is 1.17 bits per heavy atom. The Balaban J connectivity index is 1.38. The summed E-state index contributed by atoms with van der Waals surface area (Å²) in [6, 6.07) is 5.58. The van der Waals surface area contributed by atoms with Gasteiger partial charge in [0, 0.05) is 53.8 Å². The van der Waals surface area contributed by atoms with Gasteiger partial charge in [0.25, 0.3) is 0 Å². The maximum absolute atomic E-state index is 4.56. The molecule has 0 aliphatic carbocycles. The highest BCUT2D eigenvalue weighted by atomic mass is 79.9. The van der Waals surface area contributed by atoms with E-state index in [0.29, 0.717) is 12.1 Å². The third-order valence-corrected chi connectivity index (χ3v) is 6.49. The van der Waals surface area contributed by atoms with Gasteiger partial charge in [-0.2, -0.15) is 0 Å². The molecule has 0 aromatic carbocycles. The van der Waals surface area contributed by atoms with Gasteiger partial charge in [0.15, 0.2) is 0 Å². The van der Waals surface area contributed by atoms with Gasteiger partial charge >= 0.3 is 0 Å². The second-order valence-corrected chi connectivity index (χ2v) is 8.81. The van der Waals surface area contributed by atoms with Gasteiger partial charge in [-0.15, -0.1) is 11.3 Å². The third-order valence-electron chi connectivity index (χ3n) is 4.97. The number of nitrogens with zero attached hydrogens (tertiary/aromatic N) is 4. The number of rotatable bonds is 4. The van der Waals surface area contributed by atoms with E-state index in [4.69, 9.17) is 0 Å². The minimum absolute atomic E-state index is 0.680. The van der Waals surface area contributed by atoms with E-state index < -0.39 is 0 Å². The molecule has 4 nitrogen and oxygen atoms in total. The van der Waals surface area contributed by atoms with Crippen molar-refractivity contribution in [3.05, 3.63) is 44.1 Å². The second kappa shape index (κ2) is 6.24. The Morgan fingerprint density at radius 3 is 2.48 bits per heavy atom. The number of aromatic nitrogens is 2. The summed E-state index contributed by atoms with van der Waals surface area (Å²) in [5.41, 5.74) is 2.38. The lowest BCUT2D eigenvalue weighted by molar-refractivity contribution is 0.117. The summed E-state index contributed by atoms with van der Waals surface area (Å²) in [5, 5.41) is 1.18. The molecule has 2 aromatic rings. The number of hydrogen-bond acceptors (Lipinski definition) is 5. The Hall–Kier alpha value is -0.820. The molecule has 0 saturated carbocycles. The molecule has 0 spiro atoms. The number of aryl methyl sites for hydroxylation is 2. The summed E-state index contributed by atoms with van der Waals surface area (Å²) in [5.74, 6) is 0. The molecule has 2 aromatic heterocycles. The van der Waals surface area contributed by atoms with Gasteiger partial charge in [-0.3, -0.25) is 14.8 Å². The highest BCUT2D eigenvalue weighted by Gasteiger charge is 2.43. The number of halogens is 1. The fourth-order valence-electron chi connectivity index (χ4n) is 3.83. The zero-order valence-corrected chi connectivity index (χ0v) is 15.9. The number of piperazine rings is 1. The maximum Gasteiger partial charge on any atom is 0.0900 e. The van der Waals surface area contributed by atoms with Crippen molar-refractivity contribution in [2.45, 2.75) is 45.4 Å². The third kappa shape index (κ3) is 3.22. The van der Waals surface area contributed by atoms with E-state index in [1.807, 2.05) is 17.5 Å². The molecule has 4 rings (SSSR count). The van der Waals surface area contributed by atoms with Crippen molar-refractivity contribution >= 4 is 27.3 Å². The topological polar surface area (TPSA) is 32.3 Å². The molecular weight excluding hydrogens is 372 g/mol. The lowest BCUT2D eigenvalue weighted by Crippen LogP contribution is -2.45. The van der Waals surface area contributed by atoms with E-state index in [2.05, 4.69) is 61.7 Å². The molecule has 23 heavy (non-hydrogen) atoms. The summed E-state index contributed by atoms with van der Waals surface area (Å²) >= 11 is 5.30. The van der Waals surface area contributed by atoms with E-state index in [0.717, 1.165) is 17.6 Å². The minimum Gasteiger partial charge on any atom is -0.292 e. The van der Waals surface area contributed by atoms with Crippen LogP contribution in [0.4, 0.5) is 0 Å². The van der Waals surface area contributed by atoms with Crippen molar-refractivity contribution in [2.75, 3.05) is 13.1 Å². The number of pyridine rings is 1. The zero-order chi connectivity index (χ0) is 16.0. The van der Waals surface area contributed by atoms with Crippen LogP contribution in [-0.2, 0) is 13.1 Å². The fraction of sp³-hybridized carbons (Fsp3) is 0.529. The molecular formula is C17H21BrN4S. The highest BCUT2D eigenvalue weighted by Crippen LogP contribution is 2.34. The number of likely N-dealkylation sites (tertiary alicyclic amines) is 2. The molecule has 2 aliphatic heterocycles. The van der Waals surface area contributed by atoms with Crippen LogP contribution in [0.25, 0.3) is 0 Å². The normalized spacial score (nSPS) is 24.7. The van der Waals surface area contributed by atoms with Gasteiger partial charge in [0.2, 0.25) is 0 Å². The Kier molecular flexibility index (Phi) is 4.26. The average Bonchev–Trinajstić information content (AvgIpc) is 3.17. The van der Waals surface area contributed by atoms with Crippen molar-refractivity contribution in [3.63, 3.8) is 0 Å². The quantitative estimate of drug-likeness (QED) is 0.797. The van der Waals surface area contributed by atoms with Crippen molar-refractivity contribution in [1.29, 1.82) is 0 Å². The monoisotopic (exact) mass is 392 g/mol. The van der Waals surface area contributed by atoms with Crippen LogP contribution < -0.4 is 0 Å². The zero-order valence-electron chi connectivity index (χ0n) is 13.5. The fourth-order valence-corrected chi connectivity index (χ4v) is 5.03. The van der Waals surface area contributed by atoms with Crippen molar-refractivity contribution < 1.29 is 0 Å². The smallest absolute Gasteiger partial charge is 0.0900 e. The van der Waals surface area contributed by atoms with Crippen LogP contribution in [0.15, 0.2) is 22.8 Å². The molecule has 2 atom stereocenters. The van der Waals surface area contributed by atoms with E-state index in [1.54, 1.807) is 0 Å². The molecule has 0 radical (unpaired) electrons. The van der Waals surface area contributed by atoms with Gasteiger partial charge in [-0.05, 0) is 48.3 Å². The largest absolute Gasteiger partial charge is 0.292 e. The van der Waals surface area contributed by atoms with Crippen molar-refractivity contribution in [3.8, 4) is 0 Å². The van der Waals surface area contributed by atoms with Crippen molar-refractivity contribution in [2.24, 2.45) is 0 Å². The highest BCUT2D eigenvalue weighted by molar-refractivity contribution is 9.10. The van der Waals surface area contributed by atoms with E-state index in [-0.39, 0.29) is 0 Å². The minimum atomic E-state index is 0.680. The molecule has 2 unspecified atom stereocenters. The maximum atomic E-state index is 4.56. The van der Waals surface area contributed by atoms with Crippen LogP contribution >= 0.6 is 27.3 Å². The lowest BCUT2D eigenvalue weighted by atomic mass is 10.2. The summed E-state index contributed by atoms with van der Waals surface area (Å²) in [4.78, 5) is 15.8. The van der Waals surface area contributed by atoms with Crippen LogP contribution in [-0.4, -0.2) is 44.9 Å². The first-order valence-electron chi connectivity index (χ1n) is 8.10. The Labute approximate surface area is 149 Å². The van der Waals surface area contributed by atoms with E-state index in [9.17, 15) is 0 Å². The van der Waals surface area contributed by atoms with Crippen LogP contribution in [0.5, 0.6) is 0 Å². The first-order valence-corrected chi connectivity index (χ1v) is 9.71. The van der Waals surface area contributed by atoms with E-state index >= 15 is 0 Å². The number of hydrogen-bond donors (Lipinski definition) is 0. The standard InChI is InChI=1S/C17H21BrN4S/c1-11-17(23-12(2)20-11)10-22-9-15-5-16(22)8-21(15)7-14-4-3-13(18)6-19-14/h3-4,6,15-16H,5,7-10H2,1-2H3. The van der Waals surface area contributed by atoms with Gasteiger partial charge in [0.05, 0.1) is 16.4 Å². The Bertz CT molecular complexity index is 699. The van der Waals surface area contributed by atoms with Crippen LogP contribution in [0.3, 0.4) is 0 Å². The summed E-state index contributed by atoms with van der Waals surface area (Å²) < 4.78 is 1.05. The van der Waals surface area contributed by atoms with Gasteiger partial charge in [-0.25, -0.2) is 4.98 Å². The van der Waals surface area contributed by atoms with Gasteiger partial charge in [0.1, 0.15) is 0 Å². The molecule has 122 valence electrons. The molecule has 2 fully saturated rings. The van der Waals surface area contributed by atoms with Crippen LogP contribution in [0.2, 0.25) is 0 Å². The van der Waals surface area contributed by atoms with Crippen molar-refractivity contribution in [1.82, 2.24) is 19.8 Å². The Morgan fingerprint density at radius 2 is 1.91 bits per heavy atom. The first kappa shape index (κ1) is 15.7. The molecule has 0 N–H and O–H groups in total. The molecule has 6 heteroatoms. The van der Waals surface area contributed by atoms with Crippen LogP contribution in [0, 0.1) is 13.8 Å². The van der Waals surface area contributed by atoms with Crippen LogP contribution in [0.1, 0.15) is 27.7 Å². The number of fused-ring (bicyclic) bond motifs is 2. The predicted octanol–water partition coefficient (Wildman–Crippen LogP) is 3.38. The molecule has 0 amide bonds. The summed E-state index contributed by atoms with van der Waals surface area (Å²) in [6.45, 7) is 8.63. The van der Waals surface area contributed by atoms with Gasteiger partial charge < -0.3 is 0 Å². The summed E-state index contributed by atoms with van der Waals surface area (Å²) in [7, 11) is 0.